The monoisotopic (exact) mass is 341 g/mol. The Bertz CT molecular complexity index is 773. The third-order valence-corrected chi connectivity index (χ3v) is 4.37. The Morgan fingerprint density at radius 1 is 1.25 bits per heavy atom. The molecule has 0 spiro atoms. The summed E-state index contributed by atoms with van der Waals surface area (Å²) in [6, 6.07) is 15.7. The van der Waals surface area contributed by atoms with Crippen LogP contribution in [0.5, 0.6) is 0 Å². The zero-order valence-corrected chi connectivity index (χ0v) is 14.4. The Kier molecular flexibility index (Phi) is 5.16. The molecule has 0 aliphatic carbocycles. The van der Waals surface area contributed by atoms with E-state index in [9.17, 15) is 4.79 Å². The van der Waals surface area contributed by atoms with Crippen LogP contribution in [-0.4, -0.2) is 24.7 Å². The highest BCUT2D eigenvalue weighted by Crippen LogP contribution is 2.26. The van der Waals surface area contributed by atoms with Crippen molar-refractivity contribution in [2.24, 2.45) is 5.10 Å². The van der Waals surface area contributed by atoms with Crippen LogP contribution in [0.2, 0.25) is 5.02 Å². The maximum Gasteiger partial charge on any atom is 0.259 e. The van der Waals surface area contributed by atoms with E-state index in [0.29, 0.717) is 11.6 Å². The lowest BCUT2D eigenvalue weighted by Gasteiger charge is -2.30. The highest BCUT2D eigenvalue weighted by Gasteiger charge is 2.18. The van der Waals surface area contributed by atoms with Crippen molar-refractivity contribution in [1.82, 2.24) is 5.43 Å². The van der Waals surface area contributed by atoms with Crippen molar-refractivity contribution in [2.45, 2.75) is 19.8 Å². The van der Waals surface area contributed by atoms with E-state index in [0.717, 1.165) is 36.3 Å². The molecule has 124 valence electrons. The van der Waals surface area contributed by atoms with Gasteiger partial charge in [-0.25, -0.2) is 5.43 Å². The van der Waals surface area contributed by atoms with Crippen LogP contribution >= 0.6 is 11.6 Å². The smallest absolute Gasteiger partial charge is 0.259 e. The van der Waals surface area contributed by atoms with Crippen molar-refractivity contribution in [3.05, 3.63) is 64.7 Å². The third kappa shape index (κ3) is 3.95. The molecule has 0 saturated carbocycles. The topological polar surface area (TPSA) is 44.7 Å². The van der Waals surface area contributed by atoms with Crippen LogP contribution in [0, 0.1) is 0 Å². The summed E-state index contributed by atoms with van der Waals surface area (Å²) >= 11 is 5.98. The molecule has 3 rings (SSSR count). The van der Waals surface area contributed by atoms with E-state index in [1.165, 1.54) is 5.56 Å². The molecule has 0 saturated heterocycles. The van der Waals surface area contributed by atoms with Gasteiger partial charge in [0.25, 0.3) is 5.91 Å². The number of carbonyl (C=O) groups excluding carboxylic acids is 1. The molecular weight excluding hydrogens is 322 g/mol. The van der Waals surface area contributed by atoms with E-state index >= 15 is 0 Å². The molecule has 0 atom stereocenters. The van der Waals surface area contributed by atoms with E-state index < -0.39 is 0 Å². The molecule has 0 bridgehead atoms. The van der Waals surface area contributed by atoms with Crippen LogP contribution in [-0.2, 0) is 11.2 Å². The maximum atomic E-state index is 12.2. The highest BCUT2D eigenvalue weighted by atomic mass is 35.5. The zero-order valence-electron chi connectivity index (χ0n) is 13.6. The molecule has 1 aliphatic heterocycles. The fraction of sp³-hybridized carbons (Fsp3) is 0.263. The Morgan fingerprint density at radius 2 is 2.08 bits per heavy atom. The number of para-hydroxylation sites is 1. The number of halogens is 1. The zero-order chi connectivity index (χ0) is 16.9. The summed E-state index contributed by atoms with van der Waals surface area (Å²) < 4.78 is 0. The highest BCUT2D eigenvalue weighted by molar-refractivity contribution is 6.31. The molecule has 1 amide bonds. The van der Waals surface area contributed by atoms with E-state index in [4.69, 9.17) is 11.6 Å². The average molecular weight is 342 g/mol. The molecule has 1 aliphatic rings. The number of amides is 1. The minimum atomic E-state index is -0.118. The van der Waals surface area contributed by atoms with Gasteiger partial charge in [0.05, 0.1) is 12.3 Å². The standard InChI is InChI=1S/C19H20ClN3O/c1-14(16-7-4-9-17(20)12-16)21-22-19(24)13-23-11-5-8-15-6-2-3-10-18(15)23/h2-4,6-7,9-10,12H,5,8,11,13H2,1H3,(H,22,24)/b21-14+. The second kappa shape index (κ2) is 7.49. The molecule has 4 nitrogen and oxygen atoms in total. The Labute approximate surface area is 147 Å². The summed E-state index contributed by atoms with van der Waals surface area (Å²) in [6.45, 7) is 3.05. The van der Waals surface area contributed by atoms with Crippen molar-refractivity contribution < 1.29 is 4.79 Å². The van der Waals surface area contributed by atoms with Crippen LogP contribution in [0.15, 0.2) is 53.6 Å². The number of fused-ring (bicyclic) bond motifs is 1. The Morgan fingerprint density at radius 3 is 2.92 bits per heavy atom. The van der Waals surface area contributed by atoms with Gasteiger partial charge in [-0.15, -0.1) is 0 Å². The van der Waals surface area contributed by atoms with Crippen molar-refractivity contribution in [2.75, 3.05) is 18.0 Å². The maximum absolute atomic E-state index is 12.2. The summed E-state index contributed by atoms with van der Waals surface area (Å²) in [5, 5.41) is 4.84. The number of benzene rings is 2. The molecule has 0 aromatic heterocycles. The molecule has 2 aromatic carbocycles. The van der Waals surface area contributed by atoms with Crippen molar-refractivity contribution in [3.8, 4) is 0 Å². The summed E-state index contributed by atoms with van der Waals surface area (Å²) in [7, 11) is 0. The summed E-state index contributed by atoms with van der Waals surface area (Å²) in [5.41, 5.74) is 6.71. The van der Waals surface area contributed by atoms with Gasteiger partial charge < -0.3 is 4.90 Å². The number of hydrogen-bond acceptors (Lipinski definition) is 3. The predicted molar refractivity (Wildman–Crippen MR) is 98.8 cm³/mol. The summed E-state index contributed by atoms with van der Waals surface area (Å²) in [4.78, 5) is 14.3. The summed E-state index contributed by atoms with van der Waals surface area (Å²) in [5.74, 6) is -0.118. The van der Waals surface area contributed by atoms with E-state index in [1.54, 1.807) is 0 Å². The van der Waals surface area contributed by atoms with Gasteiger partial charge in [-0.05, 0) is 49.1 Å². The van der Waals surface area contributed by atoms with Gasteiger partial charge in [-0.1, -0.05) is 41.9 Å². The molecule has 1 N–H and O–H groups in total. The molecule has 0 radical (unpaired) electrons. The number of hydrogen-bond donors (Lipinski definition) is 1. The van der Waals surface area contributed by atoms with Gasteiger partial charge in [0, 0.05) is 17.3 Å². The predicted octanol–water partition coefficient (Wildman–Crippen LogP) is 3.63. The van der Waals surface area contributed by atoms with Crippen LogP contribution < -0.4 is 10.3 Å². The van der Waals surface area contributed by atoms with Crippen molar-refractivity contribution in [1.29, 1.82) is 0 Å². The molecule has 1 heterocycles. The SMILES string of the molecule is C/C(=N\NC(=O)CN1CCCc2ccccc21)c1cccc(Cl)c1. The Hall–Kier alpha value is -2.33. The molecule has 24 heavy (non-hydrogen) atoms. The van der Waals surface area contributed by atoms with Gasteiger partial charge in [0.1, 0.15) is 0 Å². The second-order valence-electron chi connectivity index (χ2n) is 5.90. The lowest BCUT2D eigenvalue weighted by atomic mass is 10.0. The first-order valence-electron chi connectivity index (χ1n) is 8.05. The summed E-state index contributed by atoms with van der Waals surface area (Å²) in [6.07, 6.45) is 2.13. The number of rotatable bonds is 4. The third-order valence-electron chi connectivity index (χ3n) is 4.13. The molecule has 0 fully saturated rings. The normalized spacial score (nSPS) is 14.2. The number of carbonyl (C=O) groups is 1. The van der Waals surface area contributed by atoms with Gasteiger partial charge >= 0.3 is 0 Å². The average Bonchev–Trinajstić information content (AvgIpc) is 2.60. The number of anilines is 1. The van der Waals surface area contributed by atoms with E-state index in [2.05, 4.69) is 27.6 Å². The van der Waals surface area contributed by atoms with Crippen molar-refractivity contribution >= 4 is 28.9 Å². The van der Waals surface area contributed by atoms with Gasteiger partial charge in [0.15, 0.2) is 0 Å². The van der Waals surface area contributed by atoms with Crippen molar-refractivity contribution in [3.63, 3.8) is 0 Å². The molecular formula is C19H20ClN3O. The van der Waals surface area contributed by atoms with E-state index in [-0.39, 0.29) is 5.91 Å². The number of hydrazone groups is 1. The lowest BCUT2D eigenvalue weighted by molar-refractivity contribution is -0.119. The minimum Gasteiger partial charge on any atom is -0.362 e. The van der Waals surface area contributed by atoms with Gasteiger partial charge in [0.2, 0.25) is 0 Å². The number of aryl methyl sites for hydroxylation is 1. The second-order valence-corrected chi connectivity index (χ2v) is 6.33. The first-order valence-corrected chi connectivity index (χ1v) is 8.43. The Balaban J connectivity index is 1.63. The quantitative estimate of drug-likeness (QED) is 0.681. The fourth-order valence-electron chi connectivity index (χ4n) is 2.91. The van der Waals surface area contributed by atoms with Crippen LogP contribution in [0.4, 0.5) is 5.69 Å². The first-order chi connectivity index (χ1) is 11.6. The lowest BCUT2D eigenvalue weighted by Crippen LogP contribution is -2.38. The van der Waals surface area contributed by atoms with Gasteiger partial charge in [-0.2, -0.15) is 5.10 Å². The van der Waals surface area contributed by atoms with Crippen LogP contribution in [0.1, 0.15) is 24.5 Å². The molecule has 0 unspecified atom stereocenters. The van der Waals surface area contributed by atoms with Gasteiger partial charge in [-0.3, -0.25) is 4.79 Å². The largest absolute Gasteiger partial charge is 0.362 e. The minimum absolute atomic E-state index is 0.118. The van der Waals surface area contributed by atoms with Crippen LogP contribution in [0.3, 0.4) is 0 Å². The molecule has 5 heteroatoms. The first kappa shape index (κ1) is 16.5. The fourth-order valence-corrected chi connectivity index (χ4v) is 3.10. The molecule has 2 aromatic rings. The number of nitrogens with one attached hydrogen (secondary N) is 1. The van der Waals surface area contributed by atoms with E-state index in [1.807, 2.05) is 43.3 Å². The number of nitrogens with zero attached hydrogens (tertiary/aromatic N) is 2. The van der Waals surface area contributed by atoms with Crippen LogP contribution in [0.25, 0.3) is 0 Å².